The first kappa shape index (κ1) is 12.7. The van der Waals surface area contributed by atoms with Crippen molar-refractivity contribution in [3.05, 3.63) is 23.8 Å². The largest absolute Gasteiger partial charge is 0.494 e. The van der Waals surface area contributed by atoms with Crippen LogP contribution in [0.1, 0.15) is 23.2 Å². The molecule has 1 aliphatic heterocycles. The summed E-state index contributed by atoms with van der Waals surface area (Å²) in [6.45, 7) is 1.13. The van der Waals surface area contributed by atoms with E-state index in [0.29, 0.717) is 42.9 Å². The molecule has 5 nitrogen and oxygen atoms in total. The van der Waals surface area contributed by atoms with Crippen molar-refractivity contribution < 1.29 is 14.6 Å². The number of nitrogen functional groups attached to an aromatic ring is 1. The third kappa shape index (κ3) is 2.41. The van der Waals surface area contributed by atoms with E-state index in [1.54, 1.807) is 23.1 Å². The van der Waals surface area contributed by atoms with Crippen molar-refractivity contribution in [3.8, 4) is 5.75 Å². The highest BCUT2D eigenvalue weighted by Gasteiger charge is 2.24. The van der Waals surface area contributed by atoms with Gasteiger partial charge in [0.05, 0.1) is 24.5 Å². The molecular weight excluding hydrogens is 232 g/mol. The van der Waals surface area contributed by atoms with E-state index in [0.717, 1.165) is 0 Å². The number of ether oxygens (including phenoxy) is 1. The van der Waals surface area contributed by atoms with Gasteiger partial charge in [0, 0.05) is 13.1 Å². The summed E-state index contributed by atoms with van der Waals surface area (Å²) in [5.74, 6) is 0.333. The van der Waals surface area contributed by atoms with Crippen LogP contribution >= 0.6 is 0 Å². The van der Waals surface area contributed by atoms with Crippen molar-refractivity contribution in [2.75, 3.05) is 25.9 Å². The van der Waals surface area contributed by atoms with Crippen molar-refractivity contribution >= 4 is 11.6 Å². The molecule has 1 aliphatic rings. The lowest BCUT2D eigenvalue weighted by atomic mass is 10.1. The fraction of sp³-hybridized carbons (Fsp3) is 0.462. The zero-order chi connectivity index (χ0) is 13.1. The fourth-order valence-corrected chi connectivity index (χ4v) is 2.19. The highest BCUT2D eigenvalue weighted by Crippen LogP contribution is 2.27. The number of hydrogen-bond acceptors (Lipinski definition) is 4. The molecule has 5 heteroatoms. The molecule has 1 saturated heterocycles. The highest BCUT2D eigenvalue weighted by molar-refractivity contribution is 5.98. The second-order valence-corrected chi connectivity index (χ2v) is 4.45. The van der Waals surface area contributed by atoms with Crippen LogP contribution in [0.2, 0.25) is 0 Å². The Kier molecular flexibility index (Phi) is 3.72. The summed E-state index contributed by atoms with van der Waals surface area (Å²) in [6.07, 6.45) is 0.948. The van der Waals surface area contributed by atoms with Crippen molar-refractivity contribution in [1.29, 1.82) is 0 Å². The lowest BCUT2D eigenvalue weighted by molar-refractivity contribution is 0.0544. The molecule has 0 spiro atoms. The van der Waals surface area contributed by atoms with Gasteiger partial charge in [-0.15, -0.1) is 0 Å². The molecule has 1 aromatic rings. The number of carbonyl (C=O) groups is 1. The van der Waals surface area contributed by atoms with Gasteiger partial charge in [-0.3, -0.25) is 4.79 Å². The average molecular weight is 250 g/mol. The number of nitrogens with two attached hydrogens (primary N) is 1. The molecular formula is C13H18N2O3. The summed E-state index contributed by atoms with van der Waals surface area (Å²) in [6, 6.07) is 5.15. The van der Waals surface area contributed by atoms with Crippen LogP contribution in [0.3, 0.4) is 0 Å². The maximum absolute atomic E-state index is 12.3. The molecule has 1 amide bonds. The number of hydrogen-bond donors (Lipinski definition) is 2. The first-order valence-electron chi connectivity index (χ1n) is 6.03. The Hall–Kier alpha value is -1.75. The number of anilines is 1. The number of aliphatic hydroxyl groups is 1. The number of benzene rings is 1. The van der Waals surface area contributed by atoms with Crippen molar-refractivity contribution in [2.24, 2.45) is 0 Å². The molecule has 0 atom stereocenters. The lowest BCUT2D eigenvalue weighted by Crippen LogP contribution is -2.40. The Morgan fingerprint density at radius 1 is 1.44 bits per heavy atom. The molecule has 1 fully saturated rings. The predicted octanol–water partition coefficient (Wildman–Crippen LogP) is 0.874. The zero-order valence-corrected chi connectivity index (χ0v) is 10.4. The van der Waals surface area contributed by atoms with Crippen molar-refractivity contribution in [3.63, 3.8) is 0 Å². The first-order valence-corrected chi connectivity index (χ1v) is 6.03. The van der Waals surface area contributed by atoms with E-state index in [9.17, 15) is 9.90 Å². The van der Waals surface area contributed by atoms with Crippen LogP contribution in [0.5, 0.6) is 5.75 Å². The summed E-state index contributed by atoms with van der Waals surface area (Å²) in [5, 5.41) is 9.44. The second kappa shape index (κ2) is 5.27. The number of piperidine rings is 1. The van der Waals surface area contributed by atoms with Gasteiger partial charge in [-0.2, -0.15) is 0 Å². The summed E-state index contributed by atoms with van der Waals surface area (Å²) < 4.78 is 5.19. The molecule has 3 N–H and O–H groups in total. The number of amides is 1. The smallest absolute Gasteiger partial charge is 0.257 e. The van der Waals surface area contributed by atoms with Gasteiger partial charge >= 0.3 is 0 Å². The van der Waals surface area contributed by atoms with Crippen molar-refractivity contribution in [1.82, 2.24) is 4.90 Å². The van der Waals surface area contributed by atoms with Gasteiger partial charge in [-0.05, 0) is 25.0 Å². The summed E-state index contributed by atoms with van der Waals surface area (Å²) in [7, 11) is 1.50. The lowest BCUT2D eigenvalue weighted by Gasteiger charge is -2.30. The molecule has 2 rings (SSSR count). The summed E-state index contributed by atoms with van der Waals surface area (Å²) >= 11 is 0. The van der Waals surface area contributed by atoms with Gasteiger partial charge < -0.3 is 20.5 Å². The second-order valence-electron chi connectivity index (χ2n) is 4.45. The minimum absolute atomic E-state index is 0.0916. The number of nitrogens with zero attached hydrogens (tertiary/aromatic N) is 1. The molecule has 0 unspecified atom stereocenters. The van der Waals surface area contributed by atoms with Crippen molar-refractivity contribution in [2.45, 2.75) is 18.9 Å². The van der Waals surface area contributed by atoms with E-state index in [4.69, 9.17) is 10.5 Å². The molecule has 0 radical (unpaired) electrons. The zero-order valence-electron chi connectivity index (χ0n) is 10.4. The Bertz CT molecular complexity index is 440. The number of para-hydroxylation sites is 1. The molecule has 0 aromatic heterocycles. The predicted molar refractivity (Wildman–Crippen MR) is 68.6 cm³/mol. The maximum Gasteiger partial charge on any atom is 0.257 e. The molecule has 0 bridgehead atoms. The van der Waals surface area contributed by atoms with Crippen LogP contribution in [0.15, 0.2) is 18.2 Å². The van der Waals surface area contributed by atoms with E-state index in [1.807, 2.05) is 0 Å². The number of aliphatic hydroxyl groups excluding tert-OH is 1. The monoisotopic (exact) mass is 250 g/mol. The van der Waals surface area contributed by atoms with Crippen LogP contribution < -0.4 is 10.5 Å². The van der Waals surface area contributed by atoms with Crippen LogP contribution in [0, 0.1) is 0 Å². The standard InChI is InChI=1S/C13H18N2O3/c1-18-12-10(3-2-4-11(12)14)13(17)15-7-5-9(16)6-8-15/h2-4,9,16H,5-8,14H2,1H3. The molecule has 98 valence electrons. The van der Waals surface area contributed by atoms with Gasteiger partial charge in [0.2, 0.25) is 0 Å². The normalized spacial score (nSPS) is 16.7. The Morgan fingerprint density at radius 2 is 2.11 bits per heavy atom. The number of methoxy groups -OCH3 is 1. The van der Waals surface area contributed by atoms with Gasteiger partial charge in [0.1, 0.15) is 0 Å². The highest BCUT2D eigenvalue weighted by atomic mass is 16.5. The quantitative estimate of drug-likeness (QED) is 0.764. The minimum atomic E-state index is -0.295. The third-order valence-electron chi connectivity index (χ3n) is 3.23. The van der Waals surface area contributed by atoms with E-state index < -0.39 is 0 Å². The Balaban J connectivity index is 2.21. The maximum atomic E-state index is 12.3. The topological polar surface area (TPSA) is 75.8 Å². The van der Waals surface area contributed by atoms with Gasteiger partial charge in [0.15, 0.2) is 5.75 Å². The van der Waals surface area contributed by atoms with Gasteiger partial charge in [-0.25, -0.2) is 0 Å². The molecule has 0 aliphatic carbocycles. The van der Waals surface area contributed by atoms with E-state index >= 15 is 0 Å². The van der Waals surface area contributed by atoms with Crippen LogP contribution in [-0.2, 0) is 0 Å². The molecule has 0 saturated carbocycles. The van der Waals surface area contributed by atoms with E-state index in [-0.39, 0.29) is 12.0 Å². The minimum Gasteiger partial charge on any atom is -0.494 e. The SMILES string of the molecule is COc1c(N)cccc1C(=O)N1CCC(O)CC1. The van der Waals surface area contributed by atoms with Gasteiger partial charge in [-0.1, -0.05) is 6.07 Å². The number of carbonyl (C=O) groups excluding carboxylic acids is 1. The van der Waals surface area contributed by atoms with Gasteiger partial charge in [0.25, 0.3) is 5.91 Å². The first-order chi connectivity index (χ1) is 8.63. The summed E-state index contributed by atoms with van der Waals surface area (Å²) in [4.78, 5) is 14.1. The van der Waals surface area contributed by atoms with Crippen LogP contribution in [0.4, 0.5) is 5.69 Å². The van der Waals surface area contributed by atoms with E-state index in [1.165, 1.54) is 7.11 Å². The third-order valence-corrected chi connectivity index (χ3v) is 3.23. The molecule has 1 heterocycles. The Morgan fingerprint density at radius 3 is 2.72 bits per heavy atom. The number of likely N-dealkylation sites (tertiary alicyclic amines) is 1. The fourth-order valence-electron chi connectivity index (χ4n) is 2.19. The average Bonchev–Trinajstić information content (AvgIpc) is 2.38. The summed E-state index contributed by atoms with van der Waals surface area (Å²) in [5.41, 5.74) is 6.72. The molecule has 18 heavy (non-hydrogen) atoms. The van der Waals surface area contributed by atoms with E-state index in [2.05, 4.69) is 0 Å². The van der Waals surface area contributed by atoms with Crippen LogP contribution in [-0.4, -0.2) is 42.2 Å². The Labute approximate surface area is 106 Å². The number of rotatable bonds is 2. The van der Waals surface area contributed by atoms with Crippen LogP contribution in [0.25, 0.3) is 0 Å². The molecule has 1 aromatic carbocycles.